The number of rotatable bonds is 9. The monoisotopic (exact) mass is 442 g/mol. The van der Waals surface area contributed by atoms with E-state index in [9.17, 15) is 14.7 Å². The number of hydrogen-bond donors (Lipinski definition) is 3. The van der Waals surface area contributed by atoms with E-state index in [-0.39, 0.29) is 11.5 Å². The predicted octanol–water partition coefficient (Wildman–Crippen LogP) is 4.33. The minimum atomic E-state index is -0.911. The van der Waals surface area contributed by atoms with E-state index in [0.717, 1.165) is 11.1 Å². The highest BCUT2D eigenvalue weighted by molar-refractivity contribution is 6.31. The van der Waals surface area contributed by atoms with Crippen molar-refractivity contribution in [2.45, 2.75) is 19.1 Å². The van der Waals surface area contributed by atoms with Gasteiger partial charge in [0.2, 0.25) is 0 Å². The highest BCUT2D eigenvalue weighted by Gasteiger charge is 2.15. The Morgan fingerprint density at radius 2 is 2.00 bits per heavy atom. The van der Waals surface area contributed by atoms with E-state index < -0.39 is 12.2 Å². The van der Waals surface area contributed by atoms with Crippen LogP contribution in [0.25, 0.3) is 11.1 Å². The lowest BCUT2D eigenvalue weighted by atomic mass is 10.1. The lowest BCUT2D eigenvalue weighted by Gasteiger charge is -2.17. The first-order valence-corrected chi connectivity index (χ1v) is 10.1. The maximum absolute atomic E-state index is 12.4. The summed E-state index contributed by atoms with van der Waals surface area (Å²) in [5.74, 6) is -0.749. The van der Waals surface area contributed by atoms with Gasteiger partial charge in [-0.3, -0.25) is 4.79 Å². The fourth-order valence-electron chi connectivity index (χ4n) is 3.04. The molecule has 0 saturated heterocycles. The molecule has 3 aromatic rings. The van der Waals surface area contributed by atoms with Gasteiger partial charge in [-0.15, -0.1) is 0 Å². The molecule has 1 aromatic heterocycles. The van der Waals surface area contributed by atoms with Gasteiger partial charge >= 0.3 is 5.97 Å². The molecule has 2 aromatic carbocycles. The van der Waals surface area contributed by atoms with Crippen molar-refractivity contribution in [3.05, 3.63) is 77.2 Å². The normalized spacial score (nSPS) is 11.6. The van der Waals surface area contributed by atoms with Gasteiger partial charge in [0.1, 0.15) is 6.23 Å². The van der Waals surface area contributed by atoms with Gasteiger partial charge in [0.05, 0.1) is 30.9 Å². The molecule has 0 fully saturated rings. The number of halogens is 1. The van der Waals surface area contributed by atoms with Crippen LogP contribution >= 0.6 is 11.6 Å². The standard InChI is InChI=1S/C23H23ClN2O5/c1-30-23(29)19-13-18(24)7-8-20(19)26-21(27)6-3-10-25-22(28)16-5-2-4-15(12-16)17-9-11-31-14-17/h2,4-5,7-9,11-14,21,26-27H,3,6,10H2,1H3,(H,25,28). The maximum Gasteiger partial charge on any atom is 0.340 e. The molecule has 1 heterocycles. The maximum atomic E-state index is 12.4. The minimum Gasteiger partial charge on any atom is -0.472 e. The zero-order chi connectivity index (χ0) is 22.2. The zero-order valence-electron chi connectivity index (χ0n) is 16.9. The van der Waals surface area contributed by atoms with Gasteiger partial charge in [-0.25, -0.2) is 4.79 Å². The fourth-order valence-corrected chi connectivity index (χ4v) is 3.21. The molecule has 0 spiro atoms. The number of ether oxygens (including phenoxy) is 1. The summed E-state index contributed by atoms with van der Waals surface area (Å²) >= 11 is 5.93. The van der Waals surface area contributed by atoms with Gasteiger partial charge in [-0.05, 0) is 54.8 Å². The summed E-state index contributed by atoms with van der Waals surface area (Å²) in [5, 5.41) is 16.4. The first-order chi connectivity index (χ1) is 15.0. The molecule has 0 aliphatic carbocycles. The Labute approximate surface area is 185 Å². The molecule has 31 heavy (non-hydrogen) atoms. The van der Waals surface area contributed by atoms with E-state index in [2.05, 4.69) is 10.6 Å². The van der Waals surface area contributed by atoms with Crippen LogP contribution in [-0.2, 0) is 4.74 Å². The Balaban J connectivity index is 1.48. The van der Waals surface area contributed by atoms with Crippen LogP contribution in [0.1, 0.15) is 33.6 Å². The van der Waals surface area contributed by atoms with E-state index >= 15 is 0 Å². The van der Waals surface area contributed by atoms with Gasteiger partial charge in [0.25, 0.3) is 5.91 Å². The summed E-state index contributed by atoms with van der Waals surface area (Å²) in [6, 6.07) is 13.8. The number of hydrogen-bond acceptors (Lipinski definition) is 6. The van der Waals surface area contributed by atoms with Crippen LogP contribution in [0.2, 0.25) is 5.02 Å². The molecular weight excluding hydrogens is 420 g/mol. The molecule has 0 saturated carbocycles. The number of esters is 1. The third-order valence-electron chi connectivity index (χ3n) is 4.63. The van der Waals surface area contributed by atoms with Crippen molar-refractivity contribution in [1.29, 1.82) is 0 Å². The number of benzene rings is 2. The second-order valence-electron chi connectivity index (χ2n) is 6.83. The van der Waals surface area contributed by atoms with Crippen molar-refractivity contribution in [1.82, 2.24) is 5.32 Å². The van der Waals surface area contributed by atoms with Crippen LogP contribution in [0.4, 0.5) is 5.69 Å². The van der Waals surface area contributed by atoms with Crippen LogP contribution < -0.4 is 10.6 Å². The smallest absolute Gasteiger partial charge is 0.340 e. The summed E-state index contributed by atoms with van der Waals surface area (Å²) in [5.41, 5.74) is 2.99. The number of methoxy groups -OCH3 is 1. The van der Waals surface area contributed by atoms with Crippen LogP contribution in [0.5, 0.6) is 0 Å². The summed E-state index contributed by atoms with van der Waals surface area (Å²) in [7, 11) is 1.27. The minimum absolute atomic E-state index is 0.196. The van der Waals surface area contributed by atoms with Gasteiger partial charge in [-0.1, -0.05) is 23.7 Å². The van der Waals surface area contributed by atoms with Gasteiger partial charge in [0, 0.05) is 22.7 Å². The molecule has 0 radical (unpaired) electrons. The lowest BCUT2D eigenvalue weighted by molar-refractivity contribution is 0.0601. The second-order valence-corrected chi connectivity index (χ2v) is 7.27. The van der Waals surface area contributed by atoms with E-state index in [1.54, 1.807) is 36.8 Å². The number of furan rings is 1. The number of aliphatic hydroxyl groups is 1. The Kier molecular flexibility index (Phi) is 7.70. The van der Waals surface area contributed by atoms with Crippen molar-refractivity contribution in [2.75, 3.05) is 19.0 Å². The quantitative estimate of drug-likeness (QED) is 0.259. The summed E-state index contributed by atoms with van der Waals surface area (Å²) in [6.07, 6.45) is 3.18. The average molecular weight is 443 g/mol. The molecule has 1 unspecified atom stereocenters. The largest absolute Gasteiger partial charge is 0.472 e. The van der Waals surface area contributed by atoms with Gasteiger partial charge in [-0.2, -0.15) is 0 Å². The van der Waals surface area contributed by atoms with Crippen molar-refractivity contribution in [3.8, 4) is 11.1 Å². The molecular formula is C23H23ClN2O5. The van der Waals surface area contributed by atoms with Gasteiger partial charge in [0.15, 0.2) is 0 Å². The fraction of sp³-hybridized carbons (Fsp3) is 0.217. The number of amides is 1. The topological polar surface area (TPSA) is 101 Å². The summed E-state index contributed by atoms with van der Waals surface area (Å²) in [4.78, 5) is 24.3. The Morgan fingerprint density at radius 3 is 2.74 bits per heavy atom. The van der Waals surface area contributed by atoms with Crippen LogP contribution in [-0.4, -0.2) is 36.9 Å². The van der Waals surface area contributed by atoms with E-state index in [1.807, 2.05) is 18.2 Å². The van der Waals surface area contributed by atoms with Crippen molar-refractivity contribution in [2.24, 2.45) is 0 Å². The molecule has 1 atom stereocenters. The number of nitrogens with one attached hydrogen (secondary N) is 2. The first kappa shape index (κ1) is 22.4. The third-order valence-corrected chi connectivity index (χ3v) is 4.86. The number of carbonyl (C=O) groups excluding carboxylic acids is 2. The van der Waals surface area contributed by atoms with Crippen LogP contribution in [0, 0.1) is 0 Å². The molecule has 0 aliphatic heterocycles. The number of carbonyl (C=O) groups is 2. The second kappa shape index (κ2) is 10.7. The highest BCUT2D eigenvalue weighted by atomic mass is 35.5. The molecule has 162 valence electrons. The SMILES string of the molecule is COC(=O)c1cc(Cl)ccc1NC(O)CCCNC(=O)c1cccc(-c2ccoc2)c1. The number of anilines is 1. The van der Waals surface area contributed by atoms with Crippen LogP contribution in [0.15, 0.2) is 65.5 Å². The Hall–Kier alpha value is -3.29. The molecule has 3 rings (SSSR count). The van der Waals surface area contributed by atoms with Gasteiger partial charge < -0.3 is 24.9 Å². The highest BCUT2D eigenvalue weighted by Crippen LogP contribution is 2.23. The zero-order valence-corrected chi connectivity index (χ0v) is 17.7. The molecule has 0 bridgehead atoms. The summed E-state index contributed by atoms with van der Waals surface area (Å²) < 4.78 is 9.82. The molecule has 1 amide bonds. The van der Waals surface area contributed by atoms with Crippen molar-refractivity contribution < 1.29 is 23.8 Å². The first-order valence-electron chi connectivity index (χ1n) is 9.71. The molecule has 0 aliphatic rings. The van der Waals surface area contributed by atoms with E-state index in [0.29, 0.717) is 35.7 Å². The van der Waals surface area contributed by atoms with Crippen molar-refractivity contribution in [3.63, 3.8) is 0 Å². The van der Waals surface area contributed by atoms with E-state index in [1.165, 1.54) is 13.2 Å². The predicted molar refractivity (Wildman–Crippen MR) is 118 cm³/mol. The third kappa shape index (κ3) is 6.10. The summed E-state index contributed by atoms with van der Waals surface area (Å²) in [6.45, 7) is 0.387. The van der Waals surface area contributed by atoms with E-state index in [4.69, 9.17) is 20.8 Å². The molecule has 8 heteroatoms. The lowest BCUT2D eigenvalue weighted by Crippen LogP contribution is -2.27. The Morgan fingerprint density at radius 1 is 1.16 bits per heavy atom. The van der Waals surface area contributed by atoms with Crippen LogP contribution in [0.3, 0.4) is 0 Å². The molecule has 7 nitrogen and oxygen atoms in total. The number of aliphatic hydroxyl groups excluding tert-OH is 1. The Bertz CT molecular complexity index is 1040. The molecule has 3 N–H and O–H groups in total. The van der Waals surface area contributed by atoms with Crippen molar-refractivity contribution >= 4 is 29.2 Å². The average Bonchev–Trinajstić information content (AvgIpc) is 3.32.